The molecule has 0 spiro atoms. The number of carbonyl (C=O) groups excluding carboxylic acids is 1. The van der Waals surface area contributed by atoms with Crippen LogP contribution in [-0.2, 0) is 9.59 Å². The fourth-order valence-corrected chi connectivity index (χ4v) is 1.67. The zero-order chi connectivity index (χ0) is 13.7. The maximum atomic E-state index is 11.6. The minimum atomic E-state index is -1.14. The normalized spacial score (nSPS) is 11.4. The monoisotopic (exact) mass is 311 g/mol. The molecule has 1 atom stereocenters. The second-order valence-corrected chi connectivity index (χ2v) is 4.35. The van der Waals surface area contributed by atoms with Crippen LogP contribution in [0.1, 0.15) is 12.0 Å². The Hall–Kier alpha value is -1.91. The van der Waals surface area contributed by atoms with Crippen molar-refractivity contribution in [1.29, 1.82) is 5.26 Å². The molecule has 6 nitrogen and oxygen atoms in total. The number of carbonyl (C=O) groups is 2. The highest BCUT2D eigenvalue weighted by atomic mass is 79.9. The summed E-state index contributed by atoms with van der Waals surface area (Å²) in [5.41, 5.74) is 6.28. The van der Waals surface area contributed by atoms with Gasteiger partial charge in [0.15, 0.2) is 0 Å². The Morgan fingerprint density at radius 2 is 2.22 bits per heavy atom. The summed E-state index contributed by atoms with van der Waals surface area (Å²) in [4.78, 5) is 22.0. The van der Waals surface area contributed by atoms with Crippen LogP contribution in [0.4, 0.5) is 5.69 Å². The average Bonchev–Trinajstić information content (AvgIpc) is 2.30. The molecule has 0 heterocycles. The number of amides is 1. The topological polar surface area (TPSA) is 116 Å². The van der Waals surface area contributed by atoms with Gasteiger partial charge >= 0.3 is 5.97 Å². The van der Waals surface area contributed by atoms with Crippen LogP contribution in [-0.4, -0.2) is 23.0 Å². The molecule has 0 aliphatic carbocycles. The van der Waals surface area contributed by atoms with Crippen LogP contribution in [0.2, 0.25) is 0 Å². The van der Waals surface area contributed by atoms with E-state index >= 15 is 0 Å². The molecule has 0 radical (unpaired) electrons. The van der Waals surface area contributed by atoms with Gasteiger partial charge in [-0.25, -0.2) is 0 Å². The molecule has 7 heteroatoms. The molecule has 1 unspecified atom stereocenters. The molecule has 0 saturated heterocycles. The number of halogens is 1. The lowest BCUT2D eigenvalue weighted by Gasteiger charge is -2.11. The fourth-order valence-electron chi connectivity index (χ4n) is 1.19. The summed E-state index contributed by atoms with van der Waals surface area (Å²) in [6, 6.07) is 5.44. The predicted molar refractivity (Wildman–Crippen MR) is 67.7 cm³/mol. The Kier molecular flexibility index (Phi) is 4.83. The van der Waals surface area contributed by atoms with Crippen molar-refractivity contribution in [3.63, 3.8) is 0 Å². The molecule has 1 rings (SSSR count). The third-order valence-electron chi connectivity index (χ3n) is 2.09. The maximum absolute atomic E-state index is 11.6. The Morgan fingerprint density at radius 1 is 1.56 bits per heavy atom. The third kappa shape index (κ3) is 3.84. The largest absolute Gasteiger partial charge is 0.481 e. The summed E-state index contributed by atoms with van der Waals surface area (Å²) in [6.07, 6.45) is -0.445. The van der Waals surface area contributed by atoms with Crippen LogP contribution in [0, 0.1) is 11.3 Å². The van der Waals surface area contributed by atoms with Gasteiger partial charge in [0.05, 0.1) is 29.8 Å². The summed E-state index contributed by atoms with van der Waals surface area (Å²) in [6.45, 7) is 0. The number of carboxylic acids is 1. The van der Waals surface area contributed by atoms with Crippen molar-refractivity contribution in [2.24, 2.45) is 5.73 Å². The molecule has 1 amide bonds. The van der Waals surface area contributed by atoms with Gasteiger partial charge in [0.1, 0.15) is 0 Å². The lowest BCUT2D eigenvalue weighted by atomic mass is 10.2. The lowest BCUT2D eigenvalue weighted by Crippen LogP contribution is -2.37. The minimum Gasteiger partial charge on any atom is -0.481 e. The molecule has 0 aromatic heterocycles. The van der Waals surface area contributed by atoms with Crippen molar-refractivity contribution in [2.75, 3.05) is 5.32 Å². The zero-order valence-corrected chi connectivity index (χ0v) is 10.8. The lowest BCUT2D eigenvalue weighted by molar-refractivity contribution is -0.138. The highest BCUT2D eigenvalue weighted by Gasteiger charge is 2.17. The van der Waals surface area contributed by atoms with Crippen LogP contribution in [0.25, 0.3) is 0 Å². The molecule has 0 saturated carbocycles. The number of aliphatic carboxylic acids is 1. The van der Waals surface area contributed by atoms with E-state index in [0.29, 0.717) is 15.7 Å². The quantitative estimate of drug-likeness (QED) is 0.768. The fraction of sp³-hybridized carbons (Fsp3) is 0.182. The summed E-state index contributed by atoms with van der Waals surface area (Å²) < 4.78 is 0.525. The molecular weight excluding hydrogens is 302 g/mol. The second-order valence-electron chi connectivity index (χ2n) is 3.50. The zero-order valence-electron chi connectivity index (χ0n) is 9.18. The van der Waals surface area contributed by atoms with Gasteiger partial charge in [0.2, 0.25) is 5.91 Å². The maximum Gasteiger partial charge on any atom is 0.305 e. The molecule has 0 bridgehead atoms. The number of rotatable bonds is 4. The van der Waals surface area contributed by atoms with E-state index in [2.05, 4.69) is 21.2 Å². The van der Waals surface area contributed by atoms with E-state index in [1.807, 2.05) is 6.07 Å². The number of benzene rings is 1. The first kappa shape index (κ1) is 14.2. The van der Waals surface area contributed by atoms with Crippen LogP contribution in [0.5, 0.6) is 0 Å². The highest BCUT2D eigenvalue weighted by Crippen LogP contribution is 2.23. The number of nitrogens with one attached hydrogen (secondary N) is 1. The Balaban J connectivity index is 2.76. The van der Waals surface area contributed by atoms with Gasteiger partial charge in [-0.05, 0) is 34.1 Å². The van der Waals surface area contributed by atoms with E-state index < -0.39 is 24.3 Å². The predicted octanol–water partition coefficient (Wildman–Crippen LogP) is 1.06. The number of anilines is 1. The first-order valence-corrected chi connectivity index (χ1v) is 5.71. The first-order chi connectivity index (χ1) is 8.43. The molecule has 4 N–H and O–H groups in total. The summed E-state index contributed by atoms with van der Waals surface area (Å²) in [7, 11) is 0. The Morgan fingerprint density at radius 3 is 2.72 bits per heavy atom. The molecule has 1 aromatic carbocycles. The van der Waals surface area contributed by atoms with Crippen molar-refractivity contribution < 1.29 is 14.7 Å². The SMILES string of the molecule is N#Cc1ccc(NC(=O)C(N)CC(=O)O)c(Br)c1. The average molecular weight is 312 g/mol. The van der Waals surface area contributed by atoms with Gasteiger partial charge in [0, 0.05) is 4.47 Å². The molecule has 0 fully saturated rings. The number of hydrogen-bond acceptors (Lipinski definition) is 4. The molecule has 18 heavy (non-hydrogen) atoms. The number of nitriles is 1. The van der Waals surface area contributed by atoms with Gasteiger partial charge in [-0.15, -0.1) is 0 Å². The second kappa shape index (κ2) is 6.14. The van der Waals surface area contributed by atoms with Crippen LogP contribution in [0.3, 0.4) is 0 Å². The van der Waals surface area contributed by atoms with Gasteiger partial charge in [-0.3, -0.25) is 9.59 Å². The van der Waals surface area contributed by atoms with Crippen molar-refractivity contribution in [3.05, 3.63) is 28.2 Å². The Labute approximate surface area is 112 Å². The van der Waals surface area contributed by atoms with Crippen LogP contribution in [0.15, 0.2) is 22.7 Å². The van der Waals surface area contributed by atoms with E-state index in [1.54, 1.807) is 6.07 Å². The summed E-state index contributed by atoms with van der Waals surface area (Å²) >= 11 is 3.19. The molecular formula is C11H10BrN3O3. The van der Waals surface area contributed by atoms with E-state index in [0.717, 1.165) is 0 Å². The van der Waals surface area contributed by atoms with Crippen molar-refractivity contribution in [3.8, 4) is 6.07 Å². The van der Waals surface area contributed by atoms with Crippen LogP contribution >= 0.6 is 15.9 Å². The van der Waals surface area contributed by atoms with Gasteiger partial charge in [-0.1, -0.05) is 0 Å². The minimum absolute atomic E-state index is 0.430. The van der Waals surface area contributed by atoms with Crippen LogP contribution < -0.4 is 11.1 Å². The number of carboxylic acid groups (broad SMARTS) is 1. The molecule has 1 aromatic rings. The Bertz CT molecular complexity index is 525. The van der Waals surface area contributed by atoms with Gasteiger partial charge < -0.3 is 16.2 Å². The first-order valence-electron chi connectivity index (χ1n) is 4.92. The summed E-state index contributed by atoms with van der Waals surface area (Å²) in [5.74, 6) is -1.74. The molecule has 94 valence electrons. The van der Waals surface area contributed by atoms with E-state index in [9.17, 15) is 9.59 Å². The van der Waals surface area contributed by atoms with Crippen molar-refractivity contribution in [1.82, 2.24) is 0 Å². The summed E-state index contributed by atoms with van der Waals surface area (Å²) in [5, 5.41) is 19.7. The van der Waals surface area contributed by atoms with Gasteiger partial charge in [0.25, 0.3) is 0 Å². The number of nitrogens with two attached hydrogens (primary N) is 1. The standard InChI is InChI=1S/C11H10BrN3O3/c12-7-3-6(5-13)1-2-9(7)15-11(18)8(14)4-10(16)17/h1-3,8H,4,14H2,(H,15,18)(H,16,17). The van der Waals surface area contributed by atoms with Crippen molar-refractivity contribution >= 4 is 33.5 Å². The number of nitrogens with zero attached hydrogens (tertiary/aromatic N) is 1. The molecule has 0 aliphatic rings. The van der Waals surface area contributed by atoms with Crippen molar-refractivity contribution in [2.45, 2.75) is 12.5 Å². The van der Waals surface area contributed by atoms with E-state index in [1.165, 1.54) is 12.1 Å². The number of hydrogen-bond donors (Lipinski definition) is 3. The third-order valence-corrected chi connectivity index (χ3v) is 2.74. The molecule has 0 aliphatic heterocycles. The van der Waals surface area contributed by atoms with E-state index in [4.69, 9.17) is 16.1 Å². The highest BCUT2D eigenvalue weighted by molar-refractivity contribution is 9.10. The van der Waals surface area contributed by atoms with Gasteiger partial charge in [-0.2, -0.15) is 5.26 Å². The smallest absolute Gasteiger partial charge is 0.305 e. The van der Waals surface area contributed by atoms with E-state index in [-0.39, 0.29) is 0 Å².